The number of para-hydroxylation sites is 1. The van der Waals surface area contributed by atoms with Crippen LogP contribution in [0.4, 0.5) is 11.5 Å². The van der Waals surface area contributed by atoms with Crippen LogP contribution in [0.2, 0.25) is 0 Å². The third-order valence-corrected chi connectivity index (χ3v) is 4.39. The average molecular weight is 384 g/mol. The van der Waals surface area contributed by atoms with E-state index in [1.807, 2.05) is 49.4 Å². The zero-order valence-electron chi connectivity index (χ0n) is 14.7. The molecular weight excluding hydrogens is 366 g/mol. The molecule has 2 aromatic carbocycles. The van der Waals surface area contributed by atoms with Gasteiger partial charge in [-0.2, -0.15) is 0 Å². The standard InChI is InChI=1S/C20H17N3O3.ClH/c1-2-17-22-18-13-5-3-4-6-14(13)26-19(18)20(23-17)21-12-7-8-15-16(11-12)25-10-9-24-15;/h3-8,11H,2,9-10H2,1H3,(H,21,22,23);1H. The molecule has 5 rings (SSSR count). The van der Waals surface area contributed by atoms with Gasteiger partial charge in [-0.15, -0.1) is 12.4 Å². The minimum atomic E-state index is 0. The number of aromatic nitrogens is 2. The highest BCUT2D eigenvalue weighted by Crippen LogP contribution is 2.36. The van der Waals surface area contributed by atoms with Crippen molar-refractivity contribution >= 4 is 46.0 Å². The van der Waals surface area contributed by atoms with Crippen molar-refractivity contribution in [2.75, 3.05) is 18.5 Å². The lowest BCUT2D eigenvalue weighted by Gasteiger charge is -2.19. The van der Waals surface area contributed by atoms with E-state index in [1.54, 1.807) is 0 Å². The number of nitrogens with zero attached hydrogens (tertiary/aromatic N) is 2. The molecular formula is C20H18ClN3O3. The molecule has 4 aromatic rings. The molecule has 0 bridgehead atoms. The molecule has 7 heteroatoms. The molecule has 1 aliphatic rings. The van der Waals surface area contributed by atoms with E-state index in [-0.39, 0.29) is 12.4 Å². The molecule has 2 aromatic heterocycles. The fourth-order valence-corrected chi connectivity index (χ4v) is 3.14. The van der Waals surface area contributed by atoms with Crippen LogP contribution in [0.1, 0.15) is 12.7 Å². The Morgan fingerprint density at radius 2 is 1.81 bits per heavy atom. The molecule has 27 heavy (non-hydrogen) atoms. The molecule has 6 nitrogen and oxygen atoms in total. The van der Waals surface area contributed by atoms with Gasteiger partial charge in [0.2, 0.25) is 0 Å². The maximum atomic E-state index is 6.02. The van der Waals surface area contributed by atoms with Crippen LogP contribution < -0.4 is 14.8 Å². The summed E-state index contributed by atoms with van der Waals surface area (Å²) in [6, 6.07) is 13.6. The molecule has 0 fully saturated rings. The molecule has 0 aliphatic carbocycles. The number of halogens is 1. The molecule has 0 saturated carbocycles. The molecule has 3 heterocycles. The van der Waals surface area contributed by atoms with Crippen LogP contribution in [0.15, 0.2) is 46.9 Å². The van der Waals surface area contributed by atoms with E-state index in [9.17, 15) is 0 Å². The van der Waals surface area contributed by atoms with Crippen molar-refractivity contribution in [3.63, 3.8) is 0 Å². The van der Waals surface area contributed by atoms with Gasteiger partial charge in [0.15, 0.2) is 22.9 Å². The summed E-state index contributed by atoms with van der Waals surface area (Å²) in [7, 11) is 0. The predicted molar refractivity (Wildman–Crippen MR) is 107 cm³/mol. The monoisotopic (exact) mass is 383 g/mol. The van der Waals surface area contributed by atoms with Gasteiger partial charge in [-0.3, -0.25) is 0 Å². The number of fused-ring (bicyclic) bond motifs is 4. The van der Waals surface area contributed by atoms with Crippen LogP contribution in [-0.4, -0.2) is 23.2 Å². The number of nitrogens with one attached hydrogen (secondary N) is 1. The van der Waals surface area contributed by atoms with Crippen molar-refractivity contribution in [2.45, 2.75) is 13.3 Å². The zero-order chi connectivity index (χ0) is 17.5. The fourth-order valence-electron chi connectivity index (χ4n) is 3.14. The molecule has 0 radical (unpaired) electrons. The highest BCUT2D eigenvalue weighted by molar-refractivity contribution is 6.06. The first kappa shape index (κ1) is 17.4. The fraction of sp³-hybridized carbons (Fsp3) is 0.200. The summed E-state index contributed by atoms with van der Waals surface area (Å²) in [6.07, 6.45) is 0.741. The molecule has 0 saturated heterocycles. The number of anilines is 2. The van der Waals surface area contributed by atoms with Gasteiger partial charge in [0.1, 0.15) is 30.1 Å². The van der Waals surface area contributed by atoms with Crippen molar-refractivity contribution in [2.24, 2.45) is 0 Å². The Morgan fingerprint density at radius 3 is 2.67 bits per heavy atom. The molecule has 0 spiro atoms. The van der Waals surface area contributed by atoms with E-state index >= 15 is 0 Å². The molecule has 0 atom stereocenters. The van der Waals surface area contributed by atoms with Crippen molar-refractivity contribution in [1.82, 2.24) is 9.97 Å². The molecule has 138 valence electrons. The Bertz CT molecular complexity index is 1130. The molecule has 1 N–H and O–H groups in total. The molecule has 0 amide bonds. The van der Waals surface area contributed by atoms with Gasteiger partial charge in [-0.1, -0.05) is 19.1 Å². The van der Waals surface area contributed by atoms with Crippen molar-refractivity contribution in [1.29, 1.82) is 0 Å². The van der Waals surface area contributed by atoms with E-state index in [2.05, 4.69) is 15.3 Å². The quantitative estimate of drug-likeness (QED) is 0.544. The summed E-state index contributed by atoms with van der Waals surface area (Å²) in [6.45, 7) is 3.17. The van der Waals surface area contributed by atoms with Crippen LogP contribution >= 0.6 is 12.4 Å². The van der Waals surface area contributed by atoms with E-state index in [4.69, 9.17) is 13.9 Å². The second-order valence-electron chi connectivity index (χ2n) is 6.10. The Labute approximate surface area is 161 Å². The Morgan fingerprint density at radius 1 is 1.00 bits per heavy atom. The van der Waals surface area contributed by atoms with Crippen LogP contribution in [0.3, 0.4) is 0 Å². The first-order valence-corrected chi connectivity index (χ1v) is 8.66. The summed E-state index contributed by atoms with van der Waals surface area (Å²) >= 11 is 0. The average Bonchev–Trinajstić information content (AvgIpc) is 3.07. The van der Waals surface area contributed by atoms with Crippen molar-refractivity contribution < 1.29 is 13.9 Å². The van der Waals surface area contributed by atoms with Crippen LogP contribution in [0.25, 0.3) is 22.1 Å². The first-order chi connectivity index (χ1) is 12.8. The van der Waals surface area contributed by atoms with Crippen LogP contribution in [-0.2, 0) is 6.42 Å². The minimum absolute atomic E-state index is 0. The lowest BCUT2D eigenvalue weighted by Crippen LogP contribution is -2.15. The van der Waals surface area contributed by atoms with Gasteiger partial charge in [0.05, 0.1) is 0 Å². The highest BCUT2D eigenvalue weighted by Gasteiger charge is 2.17. The normalized spacial score (nSPS) is 12.8. The van der Waals surface area contributed by atoms with E-state index < -0.39 is 0 Å². The topological polar surface area (TPSA) is 69.4 Å². The summed E-state index contributed by atoms with van der Waals surface area (Å²) in [4.78, 5) is 9.30. The molecule has 0 unspecified atom stereocenters. The highest BCUT2D eigenvalue weighted by atomic mass is 35.5. The Balaban J connectivity index is 0.00000180. The van der Waals surface area contributed by atoms with Crippen LogP contribution in [0.5, 0.6) is 11.5 Å². The summed E-state index contributed by atoms with van der Waals surface area (Å²) in [5.74, 6) is 2.91. The number of ether oxygens (including phenoxy) is 2. The minimum Gasteiger partial charge on any atom is -0.486 e. The van der Waals surface area contributed by atoms with E-state index in [0.29, 0.717) is 24.6 Å². The summed E-state index contributed by atoms with van der Waals surface area (Å²) in [5, 5.41) is 4.34. The first-order valence-electron chi connectivity index (χ1n) is 8.66. The van der Waals surface area contributed by atoms with Gasteiger partial charge >= 0.3 is 0 Å². The number of hydrogen-bond acceptors (Lipinski definition) is 6. The van der Waals surface area contributed by atoms with Crippen molar-refractivity contribution in [3.05, 3.63) is 48.3 Å². The Kier molecular flexibility index (Phi) is 4.49. The summed E-state index contributed by atoms with van der Waals surface area (Å²) < 4.78 is 17.3. The maximum Gasteiger partial charge on any atom is 0.196 e. The van der Waals surface area contributed by atoms with E-state index in [1.165, 1.54) is 0 Å². The smallest absolute Gasteiger partial charge is 0.196 e. The van der Waals surface area contributed by atoms with Gasteiger partial charge < -0.3 is 19.2 Å². The van der Waals surface area contributed by atoms with Gasteiger partial charge in [0, 0.05) is 23.6 Å². The van der Waals surface area contributed by atoms with Crippen molar-refractivity contribution in [3.8, 4) is 11.5 Å². The van der Waals surface area contributed by atoms with Gasteiger partial charge in [-0.05, 0) is 24.3 Å². The number of aryl methyl sites for hydroxylation is 1. The summed E-state index contributed by atoms with van der Waals surface area (Å²) in [5.41, 5.74) is 3.14. The van der Waals surface area contributed by atoms with E-state index in [0.717, 1.165) is 45.9 Å². The molecule has 1 aliphatic heterocycles. The third-order valence-electron chi connectivity index (χ3n) is 4.39. The van der Waals surface area contributed by atoms with Crippen LogP contribution in [0, 0.1) is 0 Å². The number of furan rings is 1. The number of hydrogen-bond donors (Lipinski definition) is 1. The number of benzene rings is 2. The lowest BCUT2D eigenvalue weighted by atomic mass is 10.2. The Hall–Kier alpha value is -2.99. The van der Waals surface area contributed by atoms with Gasteiger partial charge in [0.25, 0.3) is 0 Å². The second-order valence-corrected chi connectivity index (χ2v) is 6.10. The maximum absolute atomic E-state index is 6.02. The SMILES string of the molecule is CCc1nc(Nc2ccc3c(c2)OCCO3)c2oc3ccccc3c2n1.Cl. The zero-order valence-corrected chi connectivity index (χ0v) is 15.5. The number of rotatable bonds is 3. The predicted octanol–water partition coefficient (Wildman–Crippen LogP) is 4.88. The van der Waals surface area contributed by atoms with Gasteiger partial charge in [-0.25, -0.2) is 9.97 Å². The largest absolute Gasteiger partial charge is 0.486 e. The lowest BCUT2D eigenvalue weighted by molar-refractivity contribution is 0.171. The second kappa shape index (κ2) is 6.96. The third kappa shape index (κ3) is 3.02.